The number of nitro benzene ring substituents is 1. The second kappa shape index (κ2) is 5.51. The van der Waals surface area contributed by atoms with Crippen molar-refractivity contribution in [1.82, 2.24) is 0 Å². The van der Waals surface area contributed by atoms with E-state index in [1.54, 1.807) is 11.9 Å². The lowest BCUT2D eigenvalue weighted by Crippen LogP contribution is -2.37. The molecular formula is C13H15F3N2O3. The van der Waals surface area contributed by atoms with Gasteiger partial charge in [0.15, 0.2) is 0 Å². The van der Waals surface area contributed by atoms with Crippen molar-refractivity contribution in [2.45, 2.75) is 25.1 Å². The van der Waals surface area contributed by atoms with Crippen LogP contribution >= 0.6 is 0 Å². The predicted molar refractivity (Wildman–Crippen MR) is 70.1 cm³/mol. The average Bonchev–Trinajstić information content (AvgIpc) is 2.34. The molecule has 0 amide bonds. The summed E-state index contributed by atoms with van der Waals surface area (Å²) in [7, 11) is 1.60. The summed E-state index contributed by atoms with van der Waals surface area (Å²) in [5.74, 6) is 0.201. The molecular weight excluding hydrogens is 289 g/mol. The van der Waals surface area contributed by atoms with E-state index >= 15 is 0 Å². The van der Waals surface area contributed by atoms with Crippen LogP contribution < -0.4 is 4.90 Å². The maximum Gasteiger partial charge on any atom is 0.416 e. The molecule has 0 heterocycles. The highest BCUT2D eigenvalue weighted by Crippen LogP contribution is 2.37. The summed E-state index contributed by atoms with van der Waals surface area (Å²) < 4.78 is 37.9. The van der Waals surface area contributed by atoms with Gasteiger partial charge < -0.3 is 10.0 Å². The van der Waals surface area contributed by atoms with Gasteiger partial charge in [-0.05, 0) is 30.9 Å². The molecule has 0 spiro atoms. The lowest BCUT2D eigenvalue weighted by atomic mass is 9.82. The third-order valence-electron chi connectivity index (χ3n) is 3.65. The molecule has 1 aromatic rings. The van der Waals surface area contributed by atoms with Gasteiger partial charge in [0.2, 0.25) is 0 Å². The van der Waals surface area contributed by atoms with E-state index < -0.39 is 22.4 Å². The van der Waals surface area contributed by atoms with E-state index in [1.807, 2.05) is 0 Å². The van der Waals surface area contributed by atoms with Crippen LogP contribution in [0.3, 0.4) is 0 Å². The monoisotopic (exact) mass is 304 g/mol. The summed E-state index contributed by atoms with van der Waals surface area (Å²) >= 11 is 0. The van der Waals surface area contributed by atoms with Crippen molar-refractivity contribution < 1.29 is 23.2 Å². The molecule has 8 heteroatoms. The fraction of sp³-hybridized carbons (Fsp3) is 0.538. The van der Waals surface area contributed by atoms with Gasteiger partial charge in [0.25, 0.3) is 5.69 Å². The Labute approximate surface area is 119 Å². The number of aliphatic hydroxyl groups excluding tert-OH is 1. The van der Waals surface area contributed by atoms with Crippen molar-refractivity contribution in [3.63, 3.8) is 0 Å². The third kappa shape index (κ3) is 3.44. The van der Waals surface area contributed by atoms with Crippen LogP contribution in [0.2, 0.25) is 0 Å². The number of anilines is 1. The van der Waals surface area contributed by atoms with Crippen molar-refractivity contribution in [2.24, 2.45) is 5.92 Å². The Hall–Kier alpha value is -1.83. The van der Waals surface area contributed by atoms with Crippen LogP contribution in [0.25, 0.3) is 0 Å². The summed E-state index contributed by atoms with van der Waals surface area (Å²) in [5.41, 5.74) is -1.45. The fourth-order valence-electron chi connectivity index (χ4n) is 2.50. The van der Waals surface area contributed by atoms with Crippen molar-refractivity contribution >= 4 is 11.4 Å². The molecule has 1 N–H and O–H groups in total. The highest BCUT2D eigenvalue weighted by molar-refractivity contribution is 5.64. The normalized spacial score (nSPS) is 21.8. The summed E-state index contributed by atoms with van der Waals surface area (Å²) in [6, 6.07) is 2.52. The molecule has 0 atom stereocenters. The van der Waals surface area contributed by atoms with Gasteiger partial charge in [-0.15, -0.1) is 0 Å². The van der Waals surface area contributed by atoms with E-state index in [4.69, 9.17) is 0 Å². The van der Waals surface area contributed by atoms with Crippen LogP contribution in [0.15, 0.2) is 18.2 Å². The molecule has 1 fully saturated rings. The summed E-state index contributed by atoms with van der Waals surface area (Å²) in [6.45, 7) is 0.462. The summed E-state index contributed by atoms with van der Waals surface area (Å²) in [5, 5.41) is 20.2. The number of benzene rings is 1. The smallest absolute Gasteiger partial charge is 0.393 e. The summed E-state index contributed by atoms with van der Waals surface area (Å²) in [6.07, 6.45) is -3.73. The first-order valence-electron chi connectivity index (χ1n) is 6.43. The quantitative estimate of drug-likeness (QED) is 0.686. The molecule has 0 saturated heterocycles. The minimum absolute atomic E-state index is 0.148. The lowest BCUT2D eigenvalue weighted by molar-refractivity contribution is -0.384. The molecule has 1 aliphatic rings. The zero-order valence-corrected chi connectivity index (χ0v) is 11.3. The van der Waals surface area contributed by atoms with E-state index in [2.05, 4.69) is 0 Å². The number of rotatable bonds is 4. The molecule has 1 aromatic carbocycles. The second-order valence-corrected chi connectivity index (χ2v) is 5.33. The Morgan fingerprint density at radius 3 is 2.52 bits per heavy atom. The molecule has 1 saturated carbocycles. The van der Waals surface area contributed by atoms with Gasteiger partial charge in [0.05, 0.1) is 16.6 Å². The van der Waals surface area contributed by atoms with Gasteiger partial charge in [-0.2, -0.15) is 13.2 Å². The minimum atomic E-state index is -4.61. The highest BCUT2D eigenvalue weighted by Gasteiger charge is 2.34. The average molecular weight is 304 g/mol. The van der Waals surface area contributed by atoms with Gasteiger partial charge in [-0.25, -0.2) is 0 Å². The number of nitro groups is 1. The SMILES string of the molecule is CN(CC1CC(O)C1)c1ccc(C(F)(F)F)cc1[N+](=O)[O-]. The zero-order valence-electron chi connectivity index (χ0n) is 11.3. The number of nitrogens with zero attached hydrogens (tertiary/aromatic N) is 2. The molecule has 2 rings (SSSR count). The molecule has 0 aromatic heterocycles. The Balaban J connectivity index is 2.23. The zero-order chi connectivity index (χ0) is 15.8. The van der Waals surface area contributed by atoms with Crippen LogP contribution in [0.4, 0.5) is 24.5 Å². The molecule has 0 bridgehead atoms. The van der Waals surface area contributed by atoms with Crippen molar-refractivity contribution in [2.75, 3.05) is 18.5 Å². The van der Waals surface area contributed by atoms with Crippen LogP contribution in [-0.2, 0) is 6.18 Å². The number of hydrogen-bond donors (Lipinski definition) is 1. The molecule has 0 unspecified atom stereocenters. The summed E-state index contributed by atoms with van der Waals surface area (Å²) in [4.78, 5) is 11.8. The molecule has 1 aliphatic carbocycles. The largest absolute Gasteiger partial charge is 0.416 e. The first-order chi connectivity index (χ1) is 9.68. The number of hydrogen-bond acceptors (Lipinski definition) is 4. The maximum absolute atomic E-state index is 12.6. The van der Waals surface area contributed by atoms with Gasteiger partial charge >= 0.3 is 6.18 Å². The molecule has 116 valence electrons. The van der Waals surface area contributed by atoms with E-state index in [0.717, 1.165) is 12.1 Å². The maximum atomic E-state index is 12.6. The standard InChI is InChI=1S/C13H15F3N2O3/c1-17(7-8-4-10(19)5-8)11-3-2-9(13(14,15)16)6-12(11)18(20)21/h2-3,6,8,10,19H,4-5,7H2,1H3. The van der Waals surface area contributed by atoms with Crippen LogP contribution in [0.1, 0.15) is 18.4 Å². The van der Waals surface area contributed by atoms with E-state index in [1.165, 1.54) is 0 Å². The Bertz CT molecular complexity index is 542. The first kappa shape index (κ1) is 15.6. The number of alkyl halides is 3. The third-order valence-corrected chi connectivity index (χ3v) is 3.65. The molecule has 21 heavy (non-hydrogen) atoms. The van der Waals surface area contributed by atoms with Crippen LogP contribution in [0, 0.1) is 16.0 Å². The molecule has 0 radical (unpaired) electrons. The topological polar surface area (TPSA) is 66.6 Å². The van der Waals surface area contributed by atoms with Crippen LogP contribution in [0.5, 0.6) is 0 Å². The van der Waals surface area contributed by atoms with Gasteiger partial charge in [-0.1, -0.05) is 0 Å². The number of aliphatic hydroxyl groups is 1. The van der Waals surface area contributed by atoms with Gasteiger partial charge in [-0.3, -0.25) is 10.1 Å². The fourth-order valence-corrected chi connectivity index (χ4v) is 2.50. The van der Waals surface area contributed by atoms with Crippen molar-refractivity contribution in [1.29, 1.82) is 0 Å². The second-order valence-electron chi connectivity index (χ2n) is 5.33. The van der Waals surface area contributed by atoms with Crippen LogP contribution in [-0.4, -0.2) is 29.7 Å². The van der Waals surface area contributed by atoms with Gasteiger partial charge in [0, 0.05) is 19.7 Å². The van der Waals surface area contributed by atoms with E-state index in [-0.39, 0.29) is 17.7 Å². The van der Waals surface area contributed by atoms with E-state index in [9.17, 15) is 28.4 Å². The Kier molecular flexibility index (Phi) is 4.08. The molecule has 5 nitrogen and oxygen atoms in total. The minimum Gasteiger partial charge on any atom is -0.393 e. The van der Waals surface area contributed by atoms with Crippen molar-refractivity contribution in [3.05, 3.63) is 33.9 Å². The first-order valence-corrected chi connectivity index (χ1v) is 6.43. The highest BCUT2D eigenvalue weighted by atomic mass is 19.4. The van der Waals surface area contributed by atoms with Crippen molar-refractivity contribution in [3.8, 4) is 0 Å². The number of halogens is 3. The van der Waals surface area contributed by atoms with E-state index in [0.29, 0.717) is 25.5 Å². The lowest BCUT2D eigenvalue weighted by Gasteiger charge is -2.35. The Morgan fingerprint density at radius 2 is 2.05 bits per heavy atom. The van der Waals surface area contributed by atoms with Gasteiger partial charge in [0.1, 0.15) is 5.69 Å². The predicted octanol–water partition coefficient (Wildman–Crippen LogP) is 2.82. The molecule has 0 aliphatic heterocycles. The Morgan fingerprint density at radius 1 is 1.43 bits per heavy atom.